The number of pyridine rings is 1. The van der Waals surface area contributed by atoms with Crippen molar-refractivity contribution in [2.75, 3.05) is 47.8 Å². The van der Waals surface area contributed by atoms with Crippen molar-refractivity contribution < 1.29 is 19.1 Å². The van der Waals surface area contributed by atoms with Crippen molar-refractivity contribution >= 4 is 40.4 Å². The van der Waals surface area contributed by atoms with Gasteiger partial charge in [0.05, 0.1) is 12.2 Å². The average Bonchev–Trinajstić information content (AvgIpc) is 3.02. The molecule has 228 valence electrons. The lowest BCUT2D eigenvalue weighted by atomic mass is 10.0. The van der Waals surface area contributed by atoms with Gasteiger partial charge < -0.3 is 24.2 Å². The van der Waals surface area contributed by atoms with E-state index in [-0.39, 0.29) is 12.7 Å². The summed E-state index contributed by atoms with van der Waals surface area (Å²) in [6.07, 6.45) is 1.52. The molecular formula is C33H37N7O4. The number of carbonyl (C=O) groups is 2. The van der Waals surface area contributed by atoms with Gasteiger partial charge in [0, 0.05) is 43.7 Å². The summed E-state index contributed by atoms with van der Waals surface area (Å²) in [5.41, 5.74) is 2.42. The molecule has 2 aromatic carbocycles. The molecule has 2 aliphatic heterocycles. The first-order valence-electron chi connectivity index (χ1n) is 14.9. The van der Waals surface area contributed by atoms with Crippen LogP contribution < -0.4 is 15.1 Å². The molecule has 0 aliphatic carbocycles. The average molecular weight is 596 g/mol. The Kier molecular flexibility index (Phi) is 8.19. The molecule has 0 bridgehead atoms. The lowest BCUT2D eigenvalue weighted by molar-refractivity contribution is 0.0635. The van der Waals surface area contributed by atoms with Crippen LogP contribution in [0.3, 0.4) is 0 Å². The van der Waals surface area contributed by atoms with Crippen molar-refractivity contribution in [3.63, 3.8) is 0 Å². The molecule has 2 aliphatic rings. The molecule has 4 heterocycles. The van der Waals surface area contributed by atoms with Gasteiger partial charge >= 0.3 is 12.2 Å². The van der Waals surface area contributed by atoms with Crippen LogP contribution in [-0.4, -0.2) is 70.4 Å². The van der Waals surface area contributed by atoms with Crippen LogP contribution >= 0.6 is 0 Å². The molecule has 2 amide bonds. The minimum atomic E-state index is -0.615. The number of amides is 2. The fraction of sp³-hybridized carbons (Fsp3) is 0.364. The second-order valence-corrected chi connectivity index (χ2v) is 12.0. The maximum absolute atomic E-state index is 12.7. The molecule has 11 heteroatoms. The van der Waals surface area contributed by atoms with Gasteiger partial charge in [-0.05, 0) is 44.2 Å². The molecule has 1 saturated heterocycles. The first kappa shape index (κ1) is 29.2. The number of aromatic nitrogens is 3. The lowest BCUT2D eigenvalue weighted by Crippen LogP contribution is -2.49. The molecule has 0 radical (unpaired) electrons. The predicted molar refractivity (Wildman–Crippen MR) is 169 cm³/mol. The summed E-state index contributed by atoms with van der Waals surface area (Å²) in [5, 5.41) is 4.77. The Labute approximate surface area is 256 Å². The van der Waals surface area contributed by atoms with Crippen LogP contribution in [0.1, 0.15) is 37.6 Å². The van der Waals surface area contributed by atoms with Gasteiger partial charge in [-0.3, -0.25) is 5.32 Å². The summed E-state index contributed by atoms with van der Waals surface area (Å²) in [6, 6.07) is 19.6. The van der Waals surface area contributed by atoms with Crippen molar-refractivity contribution in [1.82, 2.24) is 19.9 Å². The Hall–Kier alpha value is -4.93. The van der Waals surface area contributed by atoms with Gasteiger partial charge in [-0.2, -0.15) is 0 Å². The molecule has 1 N–H and O–H groups in total. The summed E-state index contributed by atoms with van der Waals surface area (Å²) < 4.78 is 11.0. The first-order valence-corrected chi connectivity index (χ1v) is 14.9. The maximum Gasteiger partial charge on any atom is 0.413 e. The summed E-state index contributed by atoms with van der Waals surface area (Å²) in [7, 11) is 0. The van der Waals surface area contributed by atoms with Crippen LogP contribution in [0, 0.1) is 0 Å². The third-order valence-electron chi connectivity index (χ3n) is 7.68. The van der Waals surface area contributed by atoms with Gasteiger partial charge in [0.2, 0.25) is 0 Å². The van der Waals surface area contributed by atoms with Gasteiger partial charge in [0.1, 0.15) is 36.0 Å². The summed E-state index contributed by atoms with van der Waals surface area (Å²) in [4.78, 5) is 45.5. The lowest BCUT2D eigenvalue weighted by Gasteiger charge is -2.37. The number of benzene rings is 2. The molecule has 2 aromatic heterocycles. The molecule has 0 saturated carbocycles. The number of hydrogen-bond donors (Lipinski definition) is 1. The minimum Gasteiger partial charge on any atom is -0.445 e. The second kappa shape index (κ2) is 12.4. The number of carbonyl (C=O) groups excluding carboxylic acids is 2. The van der Waals surface area contributed by atoms with E-state index >= 15 is 0 Å². The molecule has 11 nitrogen and oxygen atoms in total. The summed E-state index contributed by atoms with van der Waals surface area (Å²) in [6.45, 7) is 9.47. The second-order valence-electron chi connectivity index (χ2n) is 12.0. The van der Waals surface area contributed by atoms with Gasteiger partial charge in [0.25, 0.3) is 0 Å². The largest absolute Gasteiger partial charge is 0.445 e. The summed E-state index contributed by atoms with van der Waals surface area (Å²) in [5.74, 6) is 2.13. The Morgan fingerprint density at radius 3 is 2.41 bits per heavy atom. The van der Waals surface area contributed by atoms with E-state index in [0.29, 0.717) is 45.1 Å². The van der Waals surface area contributed by atoms with Crippen LogP contribution in [0.5, 0.6) is 0 Å². The Morgan fingerprint density at radius 1 is 0.886 bits per heavy atom. The van der Waals surface area contributed by atoms with Crippen molar-refractivity contribution in [3.8, 4) is 0 Å². The van der Waals surface area contributed by atoms with Crippen LogP contribution in [0.4, 0.5) is 27.0 Å². The van der Waals surface area contributed by atoms with Gasteiger partial charge in [-0.1, -0.05) is 54.6 Å². The standard InChI is InChI=1S/C33H37N7O4/c1-33(2,3)44-31(41)37-28-19-24-11-7-8-12-25(24)30(36-28)40-14-13-26-27(20-40)34-22-35-29(26)38-15-17-39(18-16-38)32(42)43-21-23-9-5-4-6-10-23/h4-12,19,22H,13-18,20-21H2,1-3H3,(H,36,37,41). The molecule has 6 rings (SSSR count). The monoisotopic (exact) mass is 595 g/mol. The molecule has 0 unspecified atom stereocenters. The highest BCUT2D eigenvalue weighted by atomic mass is 16.6. The number of rotatable bonds is 5. The van der Waals surface area contributed by atoms with Crippen molar-refractivity contribution in [3.05, 3.63) is 83.8 Å². The van der Waals surface area contributed by atoms with Crippen molar-refractivity contribution in [1.29, 1.82) is 0 Å². The Balaban J connectivity index is 1.14. The zero-order chi connectivity index (χ0) is 30.7. The maximum atomic E-state index is 12.7. The van der Waals surface area contributed by atoms with Crippen LogP contribution in [0.25, 0.3) is 10.8 Å². The highest BCUT2D eigenvalue weighted by Gasteiger charge is 2.29. The van der Waals surface area contributed by atoms with Gasteiger partial charge in [-0.15, -0.1) is 0 Å². The number of nitrogens with zero attached hydrogens (tertiary/aromatic N) is 6. The number of nitrogens with one attached hydrogen (secondary N) is 1. The summed E-state index contributed by atoms with van der Waals surface area (Å²) >= 11 is 0. The van der Waals surface area contributed by atoms with Gasteiger partial charge in [-0.25, -0.2) is 24.5 Å². The third kappa shape index (κ3) is 6.66. The number of ether oxygens (including phenoxy) is 2. The highest BCUT2D eigenvalue weighted by molar-refractivity contribution is 5.96. The van der Waals surface area contributed by atoms with E-state index in [4.69, 9.17) is 14.5 Å². The first-order chi connectivity index (χ1) is 21.2. The van der Waals surface area contributed by atoms with E-state index in [1.54, 1.807) is 11.2 Å². The van der Waals surface area contributed by atoms with E-state index < -0.39 is 11.7 Å². The molecular weight excluding hydrogens is 558 g/mol. The molecule has 1 fully saturated rings. The van der Waals surface area contributed by atoms with E-state index in [1.165, 1.54) is 0 Å². The fourth-order valence-electron chi connectivity index (χ4n) is 5.60. The molecule has 0 atom stereocenters. The number of hydrogen-bond acceptors (Lipinski definition) is 9. The Morgan fingerprint density at radius 2 is 1.64 bits per heavy atom. The van der Waals surface area contributed by atoms with Crippen LogP contribution in [0.2, 0.25) is 0 Å². The normalized spacial score (nSPS) is 15.1. The SMILES string of the molecule is CC(C)(C)OC(=O)Nc1cc2ccccc2c(N2CCc3c(ncnc3N3CCN(C(=O)OCc4ccccc4)CC3)C2)n1. The Bertz CT molecular complexity index is 1650. The number of piperazine rings is 1. The van der Waals surface area contributed by atoms with Crippen LogP contribution in [0.15, 0.2) is 67.0 Å². The number of fused-ring (bicyclic) bond motifs is 2. The molecule has 44 heavy (non-hydrogen) atoms. The van der Waals surface area contributed by atoms with Crippen molar-refractivity contribution in [2.45, 2.75) is 45.9 Å². The zero-order valence-electron chi connectivity index (χ0n) is 25.3. The zero-order valence-corrected chi connectivity index (χ0v) is 25.3. The number of anilines is 3. The quantitative estimate of drug-likeness (QED) is 0.324. The van der Waals surface area contributed by atoms with E-state index in [1.807, 2.05) is 81.4 Å². The fourth-order valence-corrected chi connectivity index (χ4v) is 5.60. The molecule has 4 aromatic rings. The van der Waals surface area contributed by atoms with Gasteiger partial charge in [0.15, 0.2) is 0 Å². The highest BCUT2D eigenvalue weighted by Crippen LogP contribution is 2.33. The molecule has 0 spiro atoms. The van der Waals surface area contributed by atoms with E-state index in [2.05, 4.69) is 25.1 Å². The minimum absolute atomic E-state index is 0.264. The third-order valence-corrected chi connectivity index (χ3v) is 7.68. The predicted octanol–water partition coefficient (Wildman–Crippen LogP) is 5.39. The smallest absolute Gasteiger partial charge is 0.413 e. The van der Waals surface area contributed by atoms with Crippen LogP contribution in [-0.2, 0) is 29.0 Å². The topological polar surface area (TPSA) is 113 Å². The van der Waals surface area contributed by atoms with E-state index in [0.717, 1.165) is 45.6 Å². The van der Waals surface area contributed by atoms with E-state index in [9.17, 15) is 9.59 Å². The van der Waals surface area contributed by atoms with Crippen molar-refractivity contribution in [2.24, 2.45) is 0 Å².